The fourth-order valence-corrected chi connectivity index (χ4v) is 4.21. The predicted octanol–water partition coefficient (Wildman–Crippen LogP) is 1.89. The van der Waals surface area contributed by atoms with E-state index in [0.29, 0.717) is 26.1 Å². The van der Waals surface area contributed by atoms with Gasteiger partial charge in [0.15, 0.2) is 0 Å². The summed E-state index contributed by atoms with van der Waals surface area (Å²) in [5.41, 5.74) is 1.18. The van der Waals surface area contributed by atoms with Crippen LogP contribution in [0.15, 0.2) is 30.3 Å². The van der Waals surface area contributed by atoms with Gasteiger partial charge in [-0.05, 0) is 31.7 Å². The number of hydrogen-bond acceptors (Lipinski definition) is 3. The monoisotopic (exact) mass is 338 g/mol. The first kappa shape index (κ1) is 17.9. The highest BCUT2D eigenvalue weighted by molar-refractivity contribution is 7.88. The van der Waals surface area contributed by atoms with Crippen molar-refractivity contribution in [1.29, 1.82) is 0 Å². The first-order valence-corrected chi connectivity index (χ1v) is 10.1. The smallest absolute Gasteiger partial charge is 0.241 e. The van der Waals surface area contributed by atoms with Gasteiger partial charge in [0.2, 0.25) is 15.9 Å². The molecule has 1 aliphatic heterocycles. The number of carbonyl (C=O) groups excluding carboxylic acids is 1. The molecule has 1 aliphatic rings. The molecule has 6 heteroatoms. The molecule has 0 N–H and O–H groups in total. The lowest BCUT2D eigenvalue weighted by Gasteiger charge is -2.35. The highest BCUT2D eigenvalue weighted by Crippen LogP contribution is 2.21. The Morgan fingerprint density at radius 2 is 1.96 bits per heavy atom. The molecule has 128 valence electrons. The average Bonchev–Trinajstić information content (AvgIpc) is 2.55. The van der Waals surface area contributed by atoms with E-state index in [1.165, 1.54) is 16.1 Å². The maximum absolute atomic E-state index is 12.8. The minimum absolute atomic E-state index is 0.0615. The molecular formula is C17H26N2O3S. The van der Waals surface area contributed by atoms with Crippen molar-refractivity contribution in [2.75, 3.05) is 25.9 Å². The maximum atomic E-state index is 12.8. The van der Waals surface area contributed by atoms with Crippen LogP contribution in [0.5, 0.6) is 0 Å². The van der Waals surface area contributed by atoms with Gasteiger partial charge in [-0.1, -0.05) is 36.8 Å². The molecule has 2 rings (SSSR count). The van der Waals surface area contributed by atoms with Crippen LogP contribution in [-0.4, -0.2) is 55.5 Å². The van der Waals surface area contributed by atoms with Gasteiger partial charge in [-0.25, -0.2) is 8.42 Å². The third kappa shape index (κ3) is 4.78. The third-order valence-electron chi connectivity index (χ3n) is 4.37. The van der Waals surface area contributed by atoms with Crippen LogP contribution in [0.2, 0.25) is 0 Å². The molecule has 1 unspecified atom stereocenters. The highest BCUT2D eigenvalue weighted by atomic mass is 32.2. The van der Waals surface area contributed by atoms with Crippen molar-refractivity contribution >= 4 is 15.9 Å². The molecule has 0 bridgehead atoms. The van der Waals surface area contributed by atoms with E-state index in [9.17, 15) is 13.2 Å². The quantitative estimate of drug-likeness (QED) is 0.796. The predicted molar refractivity (Wildman–Crippen MR) is 91.6 cm³/mol. The summed E-state index contributed by atoms with van der Waals surface area (Å²) >= 11 is 0. The van der Waals surface area contributed by atoms with E-state index in [-0.39, 0.29) is 5.91 Å². The summed E-state index contributed by atoms with van der Waals surface area (Å²) in [6.07, 6.45) is 4.32. The minimum atomic E-state index is -3.34. The summed E-state index contributed by atoms with van der Waals surface area (Å²) in [6, 6.07) is 9.50. The largest absolute Gasteiger partial charge is 0.341 e. The van der Waals surface area contributed by atoms with Crippen molar-refractivity contribution in [3.63, 3.8) is 0 Å². The zero-order valence-electron chi connectivity index (χ0n) is 13.9. The number of amides is 1. The second kappa shape index (κ2) is 7.93. The van der Waals surface area contributed by atoms with Crippen LogP contribution in [0.3, 0.4) is 0 Å². The Bertz CT molecular complexity index is 616. The van der Waals surface area contributed by atoms with E-state index >= 15 is 0 Å². The van der Waals surface area contributed by atoms with Crippen LogP contribution in [0.1, 0.15) is 31.7 Å². The Morgan fingerprint density at radius 1 is 1.26 bits per heavy atom. The molecular weight excluding hydrogens is 312 g/mol. The van der Waals surface area contributed by atoms with Gasteiger partial charge in [-0.2, -0.15) is 4.31 Å². The molecule has 5 nitrogen and oxygen atoms in total. The van der Waals surface area contributed by atoms with Crippen molar-refractivity contribution in [3.8, 4) is 0 Å². The lowest BCUT2D eigenvalue weighted by atomic mass is 10.0. The van der Waals surface area contributed by atoms with Crippen LogP contribution in [0.25, 0.3) is 0 Å². The molecule has 0 spiro atoms. The number of hydrogen-bond donors (Lipinski definition) is 0. The lowest BCUT2D eigenvalue weighted by molar-refractivity contribution is -0.136. The Hall–Kier alpha value is -1.40. The summed E-state index contributed by atoms with van der Waals surface area (Å²) in [7, 11) is -3.34. The van der Waals surface area contributed by atoms with Gasteiger partial charge in [0, 0.05) is 19.6 Å². The number of benzene rings is 1. The van der Waals surface area contributed by atoms with Gasteiger partial charge in [0.1, 0.15) is 6.04 Å². The number of carbonyl (C=O) groups is 1. The average molecular weight is 338 g/mol. The number of piperidine rings is 1. The number of sulfonamides is 1. The highest BCUT2D eigenvalue weighted by Gasteiger charge is 2.36. The van der Waals surface area contributed by atoms with Crippen molar-refractivity contribution in [1.82, 2.24) is 9.21 Å². The summed E-state index contributed by atoms with van der Waals surface area (Å²) < 4.78 is 25.3. The molecule has 0 saturated carbocycles. The molecule has 0 radical (unpaired) electrons. The zero-order chi connectivity index (χ0) is 16.9. The van der Waals surface area contributed by atoms with Crippen LogP contribution in [0, 0.1) is 0 Å². The summed E-state index contributed by atoms with van der Waals surface area (Å²) in [5, 5.41) is 0. The molecule has 23 heavy (non-hydrogen) atoms. The van der Waals surface area contributed by atoms with Crippen LogP contribution in [-0.2, 0) is 21.2 Å². The van der Waals surface area contributed by atoms with Crippen molar-refractivity contribution < 1.29 is 13.2 Å². The van der Waals surface area contributed by atoms with Gasteiger partial charge in [0.05, 0.1) is 6.26 Å². The standard InChI is InChI=1S/C17H26N2O3S/c1-3-18(14-12-15-9-5-4-6-10-15)17(20)16-11-7-8-13-19(16)23(2,21)22/h4-6,9-10,16H,3,7-8,11-14H2,1-2H3. The Kier molecular flexibility index (Phi) is 6.18. The fraction of sp³-hybridized carbons (Fsp3) is 0.588. The maximum Gasteiger partial charge on any atom is 0.241 e. The second-order valence-electron chi connectivity index (χ2n) is 6.04. The van der Waals surface area contributed by atoms with Crippen molar-refractivity contribution in [3.05, 3.63) is 35.9 Å². The van der Waals surface area contributed by atoms with Crippen molar-refractivity contribution in [2.24, 2.45) is 0 Å². The van der Waals surface area contributed by atoms with Gasteiger partial charge < -0.3 is 4.90 Å². The van der Waals surface area contributed by atoms with Crippen molar-refractivity contribution in [2.45, 2.75) is 38.6 Å². The molecule has 1 atom stereocenters. The number of rotatable bonds is 6. The van der Waals surface area contributed by atoms with Gasteiger partial charge >= 0.3 is 0 Å². The molecule has 1 saturated heterocycles. The first-order valence-electron chi connectivity index (χ1n) is 8.23. The molecule has 1 aromatic carbocycles. The summed E-state index contributed by atoms with van der Waals surface area (Å²) in [6.45, 7) is 3.61. The van der Waals surface area contributed by atoms with Crippen LogP contribution >= 0.6 is 0 Å². The van der Waals surface area contributed by atoms with E-state index in [0.717, 1.165) is 19.3 Å². The first-order chi connectivity index (χ1) is 10.9. The van der Waals surface area contributed by atoms with E-state index in [4.69, 9.17) is 0 Å². The third-order valence-corrected chi connectivity index (χ3v) is 5.66. The van der Waals surface area contributed by atoms with Gasteiger partial charge in [-0.15, -0.1) is 0 Å². The van der Waals surface area contributed by atoms with E-state index in [1.54, 1.807) is 4.90 Å². The van der Waals surface area contributed by atoms with E-state index in [1.807, 2.05) is 37.3 Å². The fourth-order valence-electron chi connectivity index (χ4n) is 3.09. The molecule has 0 aromatic heterocycles. The Balaban J connectivity index is 2.05. The summed E-state index contributed by atoms with van der Waals surface area (Å²) in [4.78, 5) is 14.6. The molecule has 1 amide bonds. The summed E-state index contributed by atoms with van der Waals surface area (Å²) in [5.74, 6) is -0.0615. The lowest BCUT2D eigenvalue weighted by Crippen LogP contribution is -2.53. The van der Waals surface area contributed by atoms with Gasteiger partial charge in [-0.3, -0.25) is 4.79 Å². The van der Waals surface area contributed by atoms with Crippen LogP contribution < -0.4 is 0 Å². The molecule has 1 aromatic rings. The topological polar surface area (TPSA) is 57.7 Å². The molecule has 0 aliphatic carbocycles. The van der Waals surface area contributed by atoms with E-state index in [2.05, 4.69) is 0 Å². The Labute approximate surface area is 139 Å². The second-order valence-corrected chi connectivity index (χ2v) is 7.97. The van der Waals surface area contributed by atoms with E-state index < -0.39 is 16.1 Å². The molecule has 1 fully saturated rings. The number of nitrogens with zero attached hydrogens (tertiary/aromatic N) is 2. The van der Waals surface area contributed by atoms with Crippen LogP contribution in [0.4, 0.5) is 0 Å². The normalized spacial score (nSPS) is 19.5. The van der Waals surface area contributed by atoms with Gasteiger partial charge in [0.25, 0.3) is 0 Å². The Morgan fingerprint density at radius 3 is 2.57 bits per heavy atom. The zero-order valence-corrected chi connectivity index (χ0v) is 14.8. The minimum Gasteiger partial charge on any atom is -0.341 e. The number of likely N-dealkylation sites (N-methyl/N-ethyl adjacent to an activating group) is 1. The SMILES string of the molecule is CCN(CCc1ccccc1)C(=O)C1CCCCN1S(C)(=O)=O. The molecule has 1 heterocycles.